The van der Waals surface area contributed by atoms with E-state index in [1.54, 1.807) is 6.92 Å². The molecule has 0 radical (unpaired) electrons. The first-order valence-corrected chi connectivity index (χ1v) is 10.5. The molecule has 202 valence electrons. The summed E-state index contributed by atoms with van der Waals surface area (Å²) in [6, 6.07) is 5.33. The van der Waals surface area contributed by atoms with Gasteiger partial charge in [0.2, 0.25) is 0 Å². The van der Waals surface area contributed by atoms with E-state index in [1.165, 1.54) is 66.6 Å². The standard InChI is InChI=1S/C12H15NO6.C11H13NO6/c1-7(19-8(2)14)9-5-11(17-3)12(18-4)6-10(9)13(15)16;1-7(13)18-6-8-4-10(16-2)11(17-3)5-9(8)12(14)15/h5-7H,1-4H3;4-5H,6H2,1-3H3. The number of methoxy groups -OCH3 is 4. The van der Waals surface area contributed by atoms with Gasteiger partial charge in [0.1, 0.15) is 12.7 Å². The molecule has 2 aromatic rings. The molecule has 1 unspecified atom stereocenters. The van der Waals surface area contributed by atoms with Crippen molar-refractivity contribution in [2.75, 3.05) is 28.4 Å². The SMILES string of the molecule is COc1cc(C(C)OC(C)=O)c([N+](=O)[O-])cc1OC.COc1cc(COC(C)=O)c([N+](=O)[O-])cc1OC. The molecular formula is C23H28N2O12. The highest BCUT2D eigenvalue weighted by Crippen LogP contribution is 2.38. The van der Waals surface area contributed by atoms with Gasteiger partial charge in [-0.15, -0.1) is 0 Å². The van der Waals surface area contributed by atoms with Gasteiger partial charge in [0.25, 0.3) is 11.4 Å². The fourth-order valence-electron chi connectivity index (χ4n) is 3.06. The van der Waals surface area contributed by atoms with Crippen LogP contribution < -0.4 is 18.9 Å². The van der Waals surface area contributed by atoms with Crippen molar-refractivity contribution in [3.8, 4) is 23.0 Å². The highest BCUT2D eigenvalue weighted by molar-refractivity contribution is 5.67. The van der Waals surface area contributed by atoms with Gasteiger partial charge in [-0.05, 0) is 19.1 Å². The molecule has 0 aliphatic heterocycles. The number of ether oxygens (including phenoxy) is 6. The van der Waals surface area contributed by atoms with Crippen LogP contribution in [0, 0.1) is 20.2 Å². The van der Waals surface area contributed by atoms with Crippen molar-refractivity contribution in [3.63, 3.8) is 0 Å². The van der Waals surface area contributed by atoms with E-state index in [0.717, 1.165) is 0 Å². The summed E-state index contributed by atoms with van der Waals surface area (Å²) in [6.07, 6.45) is -0.752. The molecule has 14 nitrogen and oxygen atoms in total. The molecule has 2 rings (SSSR count). The van der Waals surface area contributed by atoms with Gasteiger partial charge < -0.3 is 28.4 Å². The molecule has 0 aliphatic carbocycles. The van der Waals surface area contributed by atoms with E-state index in [0.29, 0.717) is 11.5 Å². The molecule has 0 bridgehead atoms. The monoisotopic (exact) mass is 524 g/mol. The Hall–Kier alpha value is -4.62. The normalized spacial score (nSPS) is 10.7. The van der Waals surface area contributed by atoms with Crippen LogP contribution in [0.2, 0.25) is 0 Å². The summed E-state index contributed by atoms with van der Waals surface area (Å²) < 4.78 is 29.8. The number of nitro groups is 2. The molecule has 0 N–H and O–H groups in total. The maximum atomic E-state index is 11.0. The molecule has 1 atom stereocenters. The molecule has 0 amide bonds. The quantitative estimate of drug-likeness (QED) is 0.249. The van der Waals surface area contributed by atoms with E-state index in [4.69, 9.17) is 28.4 Å². The molecule has 14 heteroatoms. The second kappa shape index (κ2) is 14.1. The summed E-state index contributed by atoms with van der Waals surface area (Å²) in [5, 5.41) is 22.0. The smallest absolute Gasteiger partial charge is 0.303 e. The maximum absolute atomic E-state index is 11.0. The van der Waals surface area contributed by atoms with Crippen LogP contribution in [0.5, 0.6) is 23.0 Å². The van der Waals surface area contributed by atoms with E-state index in [-0.39, 0.29) is 40.6 Å². The zero-order valence-corrected chi connectivity index (χ0v) is 21.4. The Kier molecular flexibility index (Phi) is 11.6. The van der Waals surface area contributed by atoms with Gasteiger partial charge in [-0.25, -0.2) is 0 Å². The van der Waals surface area contributed by atoms with Crippen LogP contribution in [0.1, 0.15) is 38.0 Å². The molecule has 2 aromatic carbocycles. The second-order valence-corrected chi connectivity index (χ2v) is 7.15. The van der Waals surface area contributed by atoms with Crippen LogP contribution in [0.3, 0.4) is 0 Å². The Morgan fingerprint density at radius 1 is 0.757 bits per heavy atom. The highest BCUT2D eigenvalue weighted by atomic mass is 16.6. The molecule has 37 heavy (non-hydrogen) atoms. The topological polar surface area (TPSA) is 176 Å². The van der Waals surface area contributed by atoms with Gasteiger partial charge in [0.05, 0.1) is 61.5 Å². The lowest BCUT2D eigenvalue weighted by molar-refractivity contribution is -0.386. The number of esters is 2. The zero-order valence-electron chi connectivity index (χ0n) is 21.4. The Morgan fingerprint density at radius 2 is 1.19 bits per heavy atom. The minimum absolute atomic E-state index is 0.186. The Balaban J connectivity index is 0.000000371. The highest BCUT2D eigenvalue weighted by Gasteiger charge is 2.25. The van der Waals surface area contributed by atoms with Crippen LogP contribution in [-0.2, 0) is 25.7 Å². The van der Waals surface area contributed by atoms with Gasteiger partial charge in [-0.1, -0.05) is 0 Å². The zero-order chi connectivity index (χ0) is 28.3. The third-order valence-electron chi connectivity index (χ3n) is 4.72. The van der Waals surface area contributed by atoms with Crippen molar-refractivity contribution in [2.24, 2.45) is 0 Å². The van der Waals surface area contributed by atoms with Crippen molar-refractivity contribution in [1.29, 1.82) is 0 Å². The summed E-state index contributed by atoms with van der Waals surface area (Å²) in [6.45, 7) is 3.83. The summed E-state index contributed by atoms with van der Waals surface area (Å²) >= 11 is 0. The largest absolute Gasteiger partial charge is 0.493 e. The number of nitro benzene ring substituents is 2. The van der Waals surface area contributed by atoms with Crippen LogP contribution in [0.4, 0.5) is 11.4 Å². The van der Waals surface area contributed by atoms with Crippen molar-refractivity contribution in [1.82, 2.24) is 0 Å². The average molecular weight is 524 g/mol. The number of carbonyl (C=O) groups is 2. The van der Waals surface area contributed by atoms with Gasteiger partial charge in [0, 0.05) is 13.8 Å². The van der Waals surface area contributed by atoms with E-state index < -0.39 is 27.9 Å². The molecule has 0 saturated carbocycles. The number of rotatable bonds is 10. The van der Waals surface area contributed by atoms with Gasteiger partial charge in [-0.3, -0.25) is 29.8 Å². The summed E-state index contributed by atoms with van der Waals surface area (Å²) in [5.41, 5.74) is 0.117. The predicted octanol–water partition coefficient (Wildman–Crippen LogP) is 3.91. The fraction of sp³-hybridized carbons (Fsp3) is 0.391. The van der Waals surface area contributed by atoms with E-state index in [9.17, 15) is 29.8 Å². The van der Waals surface area contributed by atoms with Gasteiger partial charge in [0.15, 0.2) is 23.0 Å². The minimum Gasteiger partial charge on any atom is -0.493 e. The third-order valence-corrected chi connectivity index (χ3v) is 4.72. The van der Waals surface area contributed by atoms with E-state index >= 15 is 0 Å². The first kappa shape index (κ1) is 30.4. The summed E-state index contributed by atoms with van der Waals surface area (Å²) in [7, 11) is 5.60. The van der Waals surface area contributed by atoms with Crippen molar-refractivity contribution in [2.45, 2.75) is 33.5 Å². The van der Waals surface area contributed by atoms with Crippen LogP contribution >= 0.6 is 0 Å². The predicted molar refractivity (Wildman–Crippen MR) is 128 cm³/mol. The fourth-order valence-corrected chi connectivity index (χ4v) is 3.06. The van der Waals surface area contributed by atoms with Crippen molar-refractivity contribution in [3.05, 3.63) is 55.6 Å². The molecule has 0 spiro atoms. The number of benzene rings is 2. The number of hydrogen-bond donors (Lipinski definition) is 0. The lowest BCUT2D eigenvalue weighted by Crippen LogP contribution is -2.08. The van der Waals surface area contributed by atoms with Crippen molar-refractivity contribution >= 4 is 23.3 Å². The van der Waals surface area contributed by atoms with E-state index in [2.05, 4.69) is 0 Å². The van der Waals surface area contributed by atoms with Gasteiger partial charge >= 0.3 is 11.9 Å². The molecule has 0 aromatic heterocycles. The Bertz CT molecular complexity index is 1150. The van der Waals surface area contributed by atoms with Crippen LogP contribution in [0.15, 0.2) is 24.3 Å². The molecule has 0 heterocycles. The maximum Gasteiger partial charge on any atom is 0.303 e. The average Bonchev–Trinajstić information content (AvgIpc) is 2.85. The Morgan fingerprint density at radius 3 is 1.59 bits per heavy atom. The third kappa shape index (κ3) is 8.52. The first-order chi connectivity index (χ1) is 17.4. The summed E-state index contributed by atoms with van der Waals surface area (Å²) in [4.78, 5) is 42.5. The minimum atomic E-state index is -0.752. The number of carbonyl (C=O) groups excluding carboxylic acids is 2. The summed E-state index contributed by atoms with van der Waals surface area (Å²) in [5.74, 6) is 0.131. The lowest BCUT2D eigenvalue weighted by Gasteiger charge is -2.15. The first-order valence-electron chi connectivity index (χ1n) is 10.5. The number of hydrogen-bond acceptors (Lipinski definition) is 12. The van der Waals surface area contributed by atoms with E-state index in [1.807, 2.05) is 0 Å². The lowest BCUT2D eigenvalue weighted by atomic mass is 10.1. The van der Waals surface area contributed by atoms with Crippen LogP contribution in [0.25, 0.3) is 0 Å². The molecule has 0 aliphatic rings. The molecule has 0 saturated heterocycles. The molecular weight excluding hydrogens is 496 g/mol. The Labute approximate surface area is 212 Å². The molecule has 0 fully saturated rings. The van der Waals surface area contributed by atoms with Gasteiger partial charge in [-0.2, -0.15) is 0 Å². The van der Waals surface area contributed by atoms with Crippen molar-refractivity contribution < 1.29 is 47.9 Å². The second-order valence-electron chi connectivity index (χ2n) is 7.15. The number of nitrogens with zero attached hydrogens (tertiary/aromatic N) is 2. The van der Waals surface area contributed by atoms with Crippen LogP contribution in [-0.4, -0.2) is 50.2 Å².